The first kappa shape index (κ1) is 18.2. The standard InChI is InChI=1S/C22H22ClN5/c23-16-6-7-20-18(11-16)19-12-17(27-13-14-4-2-1-3-5-14)10-15(21(19)28-20)8-9-26-22(24)25/h1-7,10-12,27-28H,8-9,13H2,(H4,24,25,26). The fraction of sp³-hybridized carbons (Fsp3) is 0.136. The molecule has 3 aromatic carbocycles. The van der Waals surface area contributed by atoms with Crippen LogP contribution in [-0.2, 0) is 13.0 Å². The molecule has 6 N–H and O–H groups in total. The van der Waals surface area contributed by atoms with Crippen molar-refractivity contribution in [2.45, 2.75) is 13.0 Å². The number of aromatic nitrogens is 1. The van der Waals surface area contributed by atoms with Crippen molar-refractivity contribution in [2.75, 3.05) is 11.9 Å². The van der Waals surface area contributed by atoms with Crippen molar-refractivity contribution in [2.24, 2.45) is 16.5 Å². The van der Waals surface area contributed by atoms with Crippen LogP contribution in [0.2, 0.25) is 5.02 Å². The van der Waals surface area contributed by atoms with E-state index in [1.54, 1.807) is 0 Å². The number of aliphatic imine (C=N–C) groups is 1. The Hall–Kier alpha value is -3.18. The maximum absolute atomic E-state index is 6.24. The van der Waals surface area contributed by atoms with Gasteiger partial charge in [0.2, 0.25) is 0 Å². The van der Waals surface area contributed by atoms with E-state index in [0.717, 1.165) is 51.0 Å². The highest BCUT2D eigenvalue weighted by molar-refractivity contribution is 6.31. The predicted molar refractivity (Wildman–Crippen MR) is 119 cm³/mol. The lowest BCUT2D eigenvalue weighted by atomic mass is 10.0. The van der Waals surface area contributed by atoms with E-state index in [0.29, 0.717) is 6.54 Å². The lowest BCUT2D eigenvalue weighted by Gasteiger charge is -2.10. The Morgan fingerprint density at radius 2 is 1.82 bits per heavy atom. The van der Waals surface area contributed by atoms with E-state index in [4.69, 9.17) is 23.1 Å². The molecule has 28 heavy (non-hydrogen) atoms. The minimum atomic E-state index is 0.109. The zero-order chi connectivity index (χ0) is 19.5. The fourth-order valence-electron chi connectivity index (χ4n) is 3.45. The zero-order valence-corrected chi connectivity index (χ0v) is 16.1. The first-order chi connectivity index (χ1) is 13.6. The number of aromatic amines is 1. The molecule has 0 aliphatic rings. The second-order valence-electron chi connectivity index (χ2n) is 6.77. The van der Waals surface area contributed by atoms with Gasteiger partial charge in [-0.15, -0.1) is 0 Å². The Balaban J connectivity index is 1.75. The molecule has 0 bridgehead atoms. The molecule has 0 amide bonds. The quantitative estimate of drug-likeness (QED) is 0.290. The van der Waals surface area contributed by atoms with Gasteiger partial charge in [0.25, 0.3) is 0 Å². The summed E-state index contributed by atoms with van der Waals surface area (Å²) in [6, 6.07) is 20.5. The van der Waals surface area contributed by atoms with E-state index in [1.807, 2.05) is 36.4 Å². The number of benzene rings is 3. The molecule has 0 saturated carbocycles. The monoisotopic (exact) mass is 391 g/mol. The highest BCUT2D eigenvalue weighted by Gasteiger charge is 2.11. The SMILES string of the molecule is NC(N)=NCCc1cc(NCc2ccccc2)cc2c1[nH]c1ccc(Cl)cc12. The first-order valence-corrected chi connectivity index (χ1v) is 9.55. The molecule has 0 fully saturated rings. The number of nitrogens with zero attached hydrogens (tertiary/aromatic N) is 1. The molecule has 1 aromatic heterocycles. The van der Waals surface area contributed by atoms with Crippen molar-refractivity contribution in [1.82, 2.24) is 4.98 Å². The Kier molecular flexibility index (Phi) is 5.08. The normalized spacial score (nSPS) is 11.0. The summed E-state index contributed by atoms with van der Waals surface area (Å²) in [4.78, 5) is 7.65. The Morgan fingerprint density at radius 3 is 2.61 bits per heavy atom. The summed E-state index contributed by atoms with van der Waals surface area (Å²) in [6.45, 7) is 1.29. The van der Waals surface area contributed by atoms with Gasteiger partial charge < -0.3 is 21.8 Å². The van der Waals surface area contributed by atoms with E-state index in [2.05, 4.69) is 39.6 Å². The van der Waals surface area contributed by atoms with Gasteiger partial charge in [-0.05, 0) is 47.9 Å². The van der Waals surface area contributed by atoms with E-state index in [1.165, 1.54) is 5.56 Å². The van der Waals surface area contributed by atoms with Crippen molar-refractivity contribution in [3.63, 3.8) is 0 Å². The number of hydrogen-bond donors (Lipinski definition) is 4. The van der Waals surface area contributed by atoms with Gasteiger partial charge in [0.15, 0.2) is 5.96 Å². The number of hydrogen-bond acceptors (Lipinski definition) is 2. The van der Waals surface area contributed by atoms with Gasteiger partial charge in [-0.25, -0.2) is 0 Å². The molecule has 0 aliphatic carbocycles. The average molecular weight is 392 g/mol. The maximum Gasteiger partial charge on any atom is 0.185 e. The maximum atomic E-state index is 6.24. The summed E-state index contributed by atoms with van der Waals surface area (Å²) in [5.41, 5.74) is 16.6. The first-order valence-electron chi connectivity index (χ1n) is 9.17. The van der Waals surface area contributed by atoms with Crippen LogP contribution in [0.5, 0.6) is 0 Å². The third-order valence-electron chi connectivity index (χ3n) is 4.77. The predicted octanol–water partition coefficient (Wildman–Crippen LogP) is 4.40. The molecular formula is C22H22ClN5. The van der Waals surface area contributed by atoms with Crippen LogP contribution in [0.25, 0.3) is 21.8 Å². The molecule has 0 aliphatic heterocycles. The van der Waals surface area contributed by atoms with Crippen LogP contribution in [0.15, 0.2) is 65.7 Å². The Labute approximate surface area is 168 Å². The number of halogens is 1. The highest BCUT2D eigenvalue weighted by Crippen LogP contribution is 2.32. The molecule has 142 valence electrons. The minimum Gasteiger partial charge on any atom is -0.381 e. The summed E-state index contributed by atoms with van der Waals surface area (Å²) in [5.74, 6) is 0.109. The number of nitrogens with one attached hydrogen (secondary N) is 2. The van der Waals surface area contributed by atoms with Gasteiger partial charge in [0.1, 0.15) is 0 Å². The van der Waals surface area contributed by atoms with Crippen molar-refractivity contribution in [3.8, 4) is 0 Å². The number of H-pyrrole nitrogens is 1. The summed E-state index contributed by atoms with van der Waals surface area (Å²) >= 11 is 6.24. The summed E-state index contributed by atoms with van der Waals surface area (Å²) in [6.07, 6.45) is 0.732. The van der Waals surface area contributed by atoms with Gasteiger partial charge in [-0.2, -0.15) is 0 Å². The molecule has 5 nitrogen and oxygen atoms in total. The van der Waals surface area contributed by atoms with Gasteiger partial charge in [0.05, 0.1) is 0 Å². The number of nitrogens with two attached hydrogens (primary N) is 2. The average Bonchev–Trinajstić information content (AvgIpc) is 3.05. The summed E-state index contributed by atoms with van der Waals surface area (Å²) in [7, 11) is 0. The van der Waals surface area contributed by atoms with Crippen molar-refractivity contribution in [1.29, 1.82) is 0 Å². The number of anilines is 1. The minimum absolute atomic E-state index is 0.109. The Morgan fingerprint density at radius 1 is 1.00 bits per heavy atom. The topological polar surface area (TPSA) is 92.2 Å². The van der Waals surface area contributed by atoms with Crippen LogP contribution < -0.4 is 16.8 Å². The zero-order valence-electron chi connectivity index (χ0n) is 15.4. The number of rotatable bonds is 6. The second kappa shape index (κ2) is 7.82. The highest BCUT2D eigenvalue weighted by atomic mass is 35.5. The van der Waals surface area contributed by atoms with Crippen LogP contribution in [-0.4, -0.2) is 17.5 Å². The third kappa shape index (κ3) is 3.89. The van der Waals surface area contributed by atoms with Crippen molar-refractivity contribution < 1.29 is 0 Å². The molecule has 0 unspecified atom stereocenters. The lowest BCUT2D eigenvalue weighted by molar-refractivity contribution is 0.967. The van der Waals surface area contributed by atoms with Gasteiger partial charge >= 0.3 is 0 Å². The summed E-state index contributed by atoms with van der Waals surface area (Å²) < 4.78 is 0. The smallest absolute Gasteiger partial charge is 0.185 e. The molecular weight excluding hydrogens is 370 g/mol. The third-order valence-corrected chi connectivity index (χ3v) is 5.00. The van der Waals surface area contributed by atoms with Crippen LogP contribution in [0.4, 0.5) is 5.69 Å². The molecule has 0 radical (unpaired) electrons. The van der Waals surface area contributed by atoms with Crippen LogP contribution >= 0.6 is 11.6 Å². The fourth-order valence-corrected chi connectivity index (χ4v) is 3.62. The summed E-state index contributed by atoms with van der Waals surface area (Å²) in [5, 5.41) is 6.49. The van der Waals surface area contributed by atoms with Gasteiger partial charge in [0, 0.05) is 45.6 Å². The van der Waals surface area contributed by atoms with Gasteiger partial charge in [-0.3, -0.25) is 4.99 Å². The molecule has 6 heteroatoms. The van der Waals surface area contributed by atoms with Crippen LogP contribution in [0, 0.1) is 0 Å². The second-order valence-corrected chi connectivity index (χ2v) is 7.21. The van der Waals surface area contributed by atoms with Crippen LogP contribution in [0.3, 0.4) is 0 Å². The van der Waals surface area contributed by atoms with Crippen molar-refractivity contribution in [3.05, 3.63) is 76.8 Å². The Bertz CT molecular complexity index is 1140. The molecule has 0 atom stereocenters. The van der Waals surface area contributed by atoms with E-state index < -0.39 is 0 Å². The molecule has 1 heterocycles. The van der Waals surface area contributed by atoms with E-state index >= 15 is 0 Å². The van der Waals surface area contributed by atoms with E-state index in [-0.39, 0.29) is 5.96 Å². The molecule has 0 saturated heterocycles. The van der Waals surface area contributed by atoms with Crippen molar-refractivity contribution >= 4 is 45.1 Å². The largest absolute Gasteiger partial charge is 0.381 e. The molecule has 4 aromatic rings. The van der Waals surface area contributed by atoms with Crippen LogP contribution in [0.1, 0.15) is 11.1 Å². The molecule has 4 rings (SSSR count). The van der Waals surface area contributed by atoms with Gasteiger partial charge in [-0.1, -0.05) is 41.9 Å². The lowest BCUT2D eigenvalue weighted by Crippen LogP contribution is -2.23. The van der Waals surface area contributed by atoms with E-state index in [9.17, 15) is 0 Å². The molecule has 0 spiro atoms. The number of fused-ring (bicyclic) bond motifs is 3. The number of guanidine groups is 1.